The number of nitrogens with zero attached hydrogens (tertiary/aromatic N) is 4. The van der Waals surface area contributed by atoms with E-state index in [2.05, 4.69) is 14.8 Å². The Bertz CT molecular complexity index is 652. The molecule has 0 radical (unpaired) electrons. The van der Waals surface area contributed by atoms with Crippen molar-refractivity contribution in [3.63, 3.8) is 0 Å². The summed E-state index contributed by atoms with van der Waals surface area (Å²) in [5.74, 6) is 1.85. The van der Waals surface area contributed by atoms with Crippen molar-refractivity contribution in [1.29, 1.82) is 0 Å². The third-order valence-corrected chi connectivity index (χ3v) is 4.07. The molecule has 1 aromatic carbocycles. The molecule has 0 saturated heterocycles. The van der Waals surface area contributed by atoms with Crippen LogP contribution in [0.2, 0.25) is 0 Å². The molecule has 22 heavy (non-hydrogen) atoms. The molecular formula is C16H21N5O. The predicted molar refractivity (Wildman–Crippen MR) is 82.9 cm³/mol. The number of aromatic nitrogens is 3. The van der Waals surface area contributed by atoms with Gasteiger partial charge < -0.3 is 15.2 Å². The summed E-state index contributed by atoms with van der Waals surface area (Å²) in [5.41, 5.74) is 7.30. The third kappa shape index (κ3) is 3.17. The summed E-state index contributed by atoms with van der Waals surface area (Å²) in [7, 11) is 0. The average Bonchev–Trinajstić information content (AvgIpc) is 2.89. The minimum absolute atomic E-state index is 0.0929. The molecule has 6 nitrogen and oxygen atoms in total. The minimum Gasteiger partial charge on any atom is -0.333 e. The average molecular weight is 299 g/mol. The third-order valence-electron chi connectivity index (χ3n) is 4.07. The van der Waals surface area contributed by atoms with Crippen LogP contribution in [0.4, 0.5) is 0 Å². The highest BCUT2D eigenvalue weighted by Crippen LogP contribution is 2.14. The van der Waals surface area contributed by atoms with Gasteiger partial charge in [-0.2, -0.15) is 0 Å². The first-order chi connectivity index (χ1) is 10.6. The lowest BCUT2D eigenvalue weighted by Crippen LogP contribution is -2.41. The Hall–Kier alpha value is -2.21. The number of hydrogen-bond donors (Lipinski definition) is 1. The molecule has 0 bridgehead atoms. The maximum Gasteiger partial charge on any atom is 0.224 e. The molecule has 6 heteroatoms. The lowest BCUT2D eigenvalue weighted by atomic mass is 10.0. The zero-order valence-corrected chi connectivity index (χ0v) is 12.8. The molecule has 2 heterocycles. The van der Waals surface area contributed by atoms with Gasteiger partial charge >= 0.3 is 0 Å². The Morgan fingerprint density at radius 3 is 2.82 bits per heavy atom. The van der Waals surface area contributed by atoms with E-state index in [0.29, 0.717) is 19.5 Å². The van der Waals surface area contributed by atoms with Crippen LogP contribution >= 0.6 is 0 Å². The van der Waals surface area contributed by atoms with E-state index >= 15 is 0 Å². The van der Waals surface area contributed by atoms with E-state index in [9.17, 15) is 4.79 Å². The first-order valence-corrected chi connectivity index (χ1v) is 7.59. The number of aryl methyl sites for hydroxylation is 1. The van der Waals surface area contributed by atoms with Crippen LogP contribution < -0.4 is 5.73 Å². The monoisotopic (exact) mass is 299 g/mol. The van der Waals surface area contributed by atoms with Crippen molar-refractivity contribution in [3.8, 4) is 0 Å². The summed E-state index contributed by atoms with van der Waals surface area (Å²) < 4.78 is 2.06. The number of fused-ring (bicyclic) bond motifs is 1. The number of amides is 1. The van der Waals surface area contributed by atoms with Crippen molar-refractivity contribution in [3.05, 3.63) is 47.5 Å². The molecule has 1 amide bonds. The van der Waals surface area contributed by atoms with Gasteiger partial charge in [0.1, 0.15) is 5.82 Å². The lowest BCUT2D eigenvalue weighted by Gasteiger charge is -2.28. The van der Waals surface area contributed by atoms with E-state index in [-0.39, 0.29) is 11.9 Å². The van der Waals surface area contributed by atoms with E-state index in [1.165, 1.54) is 0 Å². The smallest absolute Gasteiger partial charge is 0.224 e. The van der Waals surface area contributed by atoms with Gasteiger partial charge in [0.2, 0.25) is 5.91 Å². The van der Waals surface area contributed by atoms with Crippen molar-refractivity contribution >= 4 is 5.91 Å². The second-order valence-electron chi connectivity index (χ2n) is 5.78. The van der Waals surface area contributed by atoms with E-state index in [4.69, 9.17) is 5.73 Å². The zero-order valence-electron chi connectivity index (χ0n) is 12.8. The highest BCUT2D eigenvalue weighted by molar-refractivity contribution is 5.76. The summed E-state index contributed by atoms with van der Waals surface area (Å²) in [5, 5.41) is 8.18. The van der Waals surface area contributed by atoms with Crippen molar-refractivity contribution in [2.24, 2.45) is 5.73 Å². The SMILES string of the molecule is Cc1nnc2n1CCN(C(=O)C[C@H](N)Cc1ccccc1)C2. The molecule has 3 rings (SSSR count). The van der Waals surface area contributed by atoms with Crippen LogP contribution in [0.25, 0.3) is 0 Å². The van der Waals surface area contributed by atoms with Crippen molar-refractivity contribution < 1.29 is 4.79 Å². The van der Waals surface area contributed by atoms with Gasteiger partial charge in [-0.1, -0.05) is 30.3 Å². The van der Waals surface area contributed by atoms with Gasteiger partial charge in [-0.15, -0.1) is 10.2 Å². The maximum absolute atomic E-state index is 12.4. The van der Waals surface area contributed by atoms with Crippen molar-refractivity contribution in [2.75, 3.05) is 6.54 Å². The molecular weight excluding hydrogens is 278 g/mol. The molecule has 1 aliphatic heterocycles. The molecule has 1 atom stereocenters. The molecule has 0 aliphatic carbocycles. The highest BCUT2D eigenvalue weighted by atomic mass is 16.2. The van der Waals surface area contributed by atoms with Crippen LogP contribution in [-0.2, 0) is 24.3 Å². The molecule has 0 fully saturated rings. The second-order valence-corrected chi connectivity index (χ2v) is 5.78. The summed E-state index contributed by atoms with van der Waals surface area (Å²) >= 11 is 0. The molecule has 2 aromatic rings. The molecule has 1 aromatic heterocycles. The predicted octanol–water partition coefficient (Wildman–Crippen LogP) is 0.889. The van der Waals surface area contributed by atoms with E-state index in [1.54, 1.807) is 0 Å². The molecule has 1 aliphatic rings. The van der Waals surface area contributed by atoms with E-state index < -0.39 is 0 Å². The van der Waals surface area contributed by atoms with Crippen LogP contribution in [0, 0.1) is 6.92 Å². The fourth-order valence-corrected chi connectivity index (χ4v) is 2.86. The molecule has 0 saturated carbocycles. The largest absolute Gasteiger partial charge is 0.333 e. The summed E-state index contributed by atoms with van der Waals surface area (Å²) in [6.45, 7) is 3.91. The topological polar surface area (TPSA) is 77.0 Å². The summed E-state index contributed by atoms with van der Waals surface area (Å²) in [6.07, 6.45) is 1.08. The lowest BCUT2D eigenvalue weighted by molar-refractivity contribution is -0.133. The Labute approximate surface area is 129 Å². The normalized spacial score (nSPS) is 15.5. The van der Waals surface area contributed by atoms with Crippen LogP contribution in [0.15, 0.2) is 30.3 Å². The summed E-state index contributed by atoms with van der Waals surface area (Å²) in [6, 6.07) is 9.88. The van der Waals surface area contributed by atoms with Gasteiger partial charge in [-0.3, -0.25) is 4.79 Å². The zero-order chi connectivity index (χ0) is 15.5. The number of hydrogen-bond acceptors (Lipinski definition) is 4. The van der Waals surface area contributed by atoms with Crippen LogP contribution in [0.1, 0.15) is 23.6 Å². The number of rotatable bonds is 4. The Kier molecular flexibility index (Phi) is 4.20. The highest BCUT2D eigenvalue weighted by Gasteiger charge is 2.24. The fraction of sp³-hybridized carbons (Fsp3) is 0.438. The maximum atomic E-state index is 12.4. The van der Waals surface area contributed by atoms with E-state index in [0.717, 1.165) is 30.2 Å². The van der Waals surface area contributed by atoms with Gasteiger partial charge in [0.25, 0.3) is 0 Å². The van der Waals surface area contributed by atoms with Gasteiger partial charge in [-0.05, 0) is 18.9 Å². The van der Waals surface area contributed by atoms with Crippen LogP contribution in [0.5, 0.6) is 0 Å². The quantitative estimate of drug-likeness (QED) is 0.909. The number of carbonyl (C=O) groups is 1. The summed E-state index contributed by atoms with van der Waals surface area (Å²) in [4.78, 5) is 14.2. The number of carbonyl (C=O) groups excluding carboxylic acids is 1. The van der Waals surface area contributed by atoms with Gasteiger partial charge in [0, 0.05) is 25.6 Å². The number of nitrogens with two attached hydrogens (primary N) is 1. The molecule has 116 valence electrons. The van der Waals surface area contributed by atoms with Gasteiger partial charge in [0.05, 0.1) is 6.54 Å². The van der Waals surface area contributed by atoms with Crippen LogP contribution in [-0.4, -0.2) is 38.2 Å². The first-order valence-electron chi connectivity index (χ1n) is 7.59. The van der Waals surface area contributed by atoms with E-state index in [1.807, 2.05) is 42.2 Å². The van der Waals surface area contributed by atoms with Crippen LogP contribution in [0.3, 0.4) is 0 Å². The first kappa shape index (κ1) is 14.7. The second kappa shape index (κ2) is 6.27. The molecule has 0 spiro atoms. The number of benzene rings is 1. The van der Waals surface area contributed by atoms with Gasteiger partial charge in [0.15, 0.2) is 5.82 Å². The molecule has 2 N–H and O–H groups in total. The minimum atomic E-state index is -0.156. The van der Waals surface area contributed by atoms with Crippen molar-refractivity contribution in [2.45, 2.75) is 38.9 Å². The Morgan fingerprint density at radius 1 is 1.27 bits per heavy atom. The van der Waals surface area contributed by atoms with Gasteiger partial charge in [-0.25, -0.2) is 0 Å². The van der Waals surface area contributed by atoms with Crippen molar-refractivity contribution in [1.82, 2.24) is 19.7 Å². The fourth-order valence-electron chi connectivity index (χ4n) is 2.86. The standard InChI is InChI=1S/C16H21N5O/c1-12-18-19-15-11-20(7-8-21(12)15)16(22)10-14(17)9-13-5-3-2-4-6-13/h2-6,14H,7-11,17H2,1H3/t14-/m1/s1. The molecule has 0 unspecified atom stereocenters. The Morgan fingerprint density at radius 2 is 2.05 bits per heavy atom. The Balaban J connectivity index is 1.56.